The number of imidazole rings is 1. The summed E-state index contributed by atoms with van der Waals surface area (Å²) in [6.45, 7) is 17.4. The quantitative estimate of drug-likeness (QED) is 0.0865. The van der Waals surface area contributed by atoms with Crippen molar-refractivity contribution in [1.29, 1.82) is 0 Å². The molecule has 72 heavy (non-hydrogen) atoms. The summed E-state index contributed by atoms with van der Waals surface area (Å²) in [4.78, 5) is 10.0. The fourth-order valence-electron chi connectivity index (χ4n) is 10.1. The van der Waals surface area contributed by atoms with Crippen LogP contribution in [0.25, 0.3) is 105 Å². The SMILES string of the molecule is CC(C)c1cc(-c2ccccc2)cc(-c2ccccc2)c1-n1c(-c2[c-]ccc3c2oc2c3ccc3c4ccccc4ccc32)nc2ccccc21.[2H]C(C)(C)c1cc(-c2[c-]cc(C)cc2)ncc1[Si](C)(C)C.[Ir]. The third-order valence-electron chi connectivity index (χ3n) is 13.8. The Labute approximate surface area is 439 Å². The van der Waals surface area contributed by atoms with Gasteiger partial charge in [-0.25, -0.2) is 0 Å². The predicted molar refractivity (Wildman–Crippen MR) is 303 cm³/mol. The van der Waals surface area contributed by atoms with Crippen LogP contribution in [0.2, 0.25) is 19.6 Å². The van der Waals surface area contributed by atoms with Crippen molar-refractivity contribution < 1.29 is 25.9 Å². The van der Waals surface area contributed by atoms with E-state index >= 15 is 0 Å². The van der Waals surface area contributed by atoms with E-state index in [-0.39, 0.29) is 26.0 Å². The van der Waals surface area contributed by atoms with Gasteiger partial charge in [-0.1, -0.05) is 198 Å². The van der Waals surface area contributed by atoms with Crippen LogP contribution in [0.1, 0.15) is 57.6 Å². The Morgan fingerprint density at radius 1 is 0.611 bits per heavy atom. The molecule has 0 N–H and O–H groups in total. The van der Waals surface area contributed by atoms with Crippen LogP contribution in [0, 0.1) is 19.1 Å². The van der Waals surface area contributed by atoms with Gasteiger partial charge in [0.25, 0.3) is 0 Å². The molecule has 1 radical (unpaired) electrons. The number of benzene rings is 9. The van der Waals surface area contributed by atoms with Crippen molar-refractivity contribution in [3.63, 3.8) is 0 Å². The molecular weight excluding hydrogens is 1070 g/mol. The molecule has 357 valence electrons. The van der Waals surface area contributed by atoms with Crippen molar-refractivity contribution in [2.75, 3.05) is 0 Å². The van der Waals surface area contributed by atoms with E-state index in [9.17, 15) is 0 Å². The molecule has 0 aliphatic heterocycles. The summed E-state index contributed by atoms with van der Waals surface area (Å²) in [5.41, 5.74) is 15.7. The van der Waals surface area contributed by atoms with Gasteiger partial charge in [-0.05, 0) is 85.4 Å². The largest absolute Gasteiger partial charge is 0.500 e. The Bertz CT molecular complexity index is 3980. The number of aromatic nitrogens is 3. The van der Waals surface area contributed by atoms with Gasteiger partial charge in [-0.3, -0.25) is 4.98 Å². The summed E-state index contributed by atoms with van der Waals surface area (Å²) < 4.78 is 17.8. The van der Waals surface area contributed by atoms with E-state index in [0.717, 1.165) is 83.4 Å². The van der Waals surface area contributed by atoms with Crippen molar-refractivity contribution >= 4 is 67.8 Å². The molecular formula is C66H57IrN3OSi-2. The molecule has 12 rings (SSSR count). The third kappa shape index (κ3) is 8.93. The minimum Gasteiger partial charge on any atom is -0.500 e. The predicted octanol–water partition coefficient (Wildman–Crippen LogP) is 17.7. The summed E-state index contributed by atoms with van der Waals surface area (Å²) in [7, 11) is -1.51. The zero-order chi connectivity index (χ0) is 49.9. The van der Waals surface area contributed by atoms with Crippen molar-refractivity contribution in [1.82, 2.24) is 14.5 Å². The van der Waals surface area contributed by atoms with Crippen LogP contribution in [0.3, 0.4) is 0 Å². The second-order valence-electron chi connectivity index (χ2n) is 20.3. The fraction of sp³-hybridized carbons (Fsp3) is 0.152. The maximum absolute atomic E-state index is 8.47. The molecule has 0 atom stereocenters. The molecule has 0 unspecified atom stereocenters. The molecule has 0 saturated heterocycles. The first-order valence-corrected chi connectivity index (χ1v) is 28.2. The summed E-state index contributed by atoms with van der Waals surface area (Å²) >= 11 is 0. The third-order valence-corrected chi connectivity index (χ3v) is 15.8. The fourth-order valence-corrected chi connectivity index (χ4v) is 11.7. The van der Waals surface area contributed by atoms with E-state index in [0.29, 0.717) is 0 Å². The van der Waals surface area contributed by atoms with Crippen LogP contribution in [0.5, 0.6) is 0 Å². The van der Waals surface area contributed by atoms with Crippen molar-refractivity contribution in [2.45, 2.75) is 66.1 Å². The zero-order valence-corrected chi connectivity index (χ0v) is 45.5. The van der Waals surface area contributed by atoms with Gasteiger partial charge in [0.1, 0.15) is 5.58 Å². The topological polar surface area (TPSA) is 43.9 Å². The summed E-state index contributed by atoms with van der Waals surface area (Å²) in [6.07, 6.45) is 1.99. The average Bonchev–Trinajstić information content (AvgIpc) is 3.98. The van der Waals surface area contributed by atoms with Gasteiger partial charge in [0.2, 0.25) is 0 Å². The van der Waals surface area contributed by atoms with Crippen LogP contribution in [0.4, 0.5) is 0 Å². The second kappa shape index (κ2) is 19.8. The van der Waals surface area contributed by atoms with E-state index in [4.69, 9.17) is 10.8 Å². The van der Waals surface area contributed by atoms with Gasteiger partial charge in [0.05, 0.1) is 30.5 Å². The molecule has 0 fully saturated rings. The standard InChI is InChI=1S/C48H33N2O.C18H24NSi.Ir/c1-30(2)41-28-34(31-14-5-3-6-15-31)29-42(32-16-7-4-8-17-32)45(41)50-44-23-12-11-22-43(44)49-48(50)40-21-13-20-37-39-27-26-36-35-19-10-9-18-33(35)24-25-38(36)46(39)51-47(37)40;1-13(2)16-11-17(15-9-7-14(3)8-10-15)19-12-18(16)20(4,5)6;/h3-20,22-30H,1-2H3;7-9,11-13H,1-6H3;/q2*-1;/i;13D;. The van der Waals surface area contributed by atoms with Gasteiger partial charge in [-0.2, -0.15) is 0 Å². The van der Waals surface area contributed by atoms with E-state index in [2.05, 4.69) is 226 Å². The molecule has 6 heteroatoms. The van der Waals surface area contributed by atoms with Crippen LogP contribution in [0.15, 0.2) is 193 Å². The minimum absolute atomic E-state index is 0. The molecule has 4 nitrogen and oxygen atoms in total. The molecule has 0 aliphatic rings. The van der Waals surface area contributed by atoms with Gasteiger partial charge < -0.3 is 14.0 Å². The maximum Gasteiger partial charge on any atom is 0.128 e. The van der Waals surface area contributed by atoms with Crippen molar-refractivity contribution in [2.24, 2.45) is 0 Å². The number of furan rings is 1. The molecule has 3 heterocycles. The number of pyridine rings is 1. The Kier molecular flexibility index (Phi) is 12.9. The molecule has 0 aliphatic carbocycles. The Morgan fingerprint density at radius 2 is 1.28 bits per heavy atom. The molecule has 0 amide bonds. The van der Waals surface area contributed by atoms with Crippen LogP contribution in [-0.4, -0.2) is 22.6 Å². The Balaban J connectivity index is 0.000000235. The van der Waals surface area contributed by atoms with Gasteiger partial charge >= 0.3 is 0 Å². The molecule has 3 aromatic heterocycles. The number of aryl methyl sites for hydroxylation is 1. The first-order chi connectivity index (χ1) is 34.7. The first-order valence-electron chi connectivity index (χ1n) is 25.2. The molecule has 0 bridgehead atoms. The number of hydrogen-bond acceptors (Lipinski definition) is 3. The van der Waals surface area contributed by atoms with Gasteiger partial charge in [0.15, 0.2) is 0 Å². The van der Waals surface area contributed by atoms with Gasteiger partial charge in [-0.15, -0.1) is 53.6 Å². The Hall–Kier alpha value is -7.21. The second-order valence-corrected chi connectivity index (χ2v) is 25.3. The molecule has 12 aromatic rings. The van der Waals surface area contributed by atoms with Crippen molar-refractivity contribution in [3.05, 3.63) is 217 Å². The van der Waals surface area contributed by atoms with Gasteiger partial charge in [0, 0.05) is 49.7 Å². The normalized spacial score (nSPS) is 12.1. The summed E-state index contributed by atoms with van der Waals surface area (Å²) in [6, 6.07) is 71.1. The number of para-hydroxylation sites is 2. The first kappa shape index (κ1) is 47.1. The van der Waals surface area contributed by atoms with Crippen LogP contribution < -0.4 is 5.19 Å². The van der Waals surface area contributed by atoms with E-state index in [1.807, 2.05) is 38.2 Å². The van der Waals surface area contributed by atoms with Crippen LogP contribution >= 0.6 is 0 Å². The summed E-state index contributed by atoms with van der Waals surface area (Å²) in [5.74, 6) is 0.423. The number of fused-ring (bicyclic) bond motifs is 8. The minimum atomic E-state index is -1.51. The van der Waals surface area contributed by atoms with E-state index in [1.54, 1.807) is 0 Å². The number of rotatable bonds is 8. The zero-order valence-electron chi connectivity index (χ0n) is 43.1. The van der Waals surface area contributed by atoms with E-state index < -0.39 is 14.0 Å². The van der Waals surface area contributed by atoms with Crippen molar-refractivity contribution in [3.8, 4) is 50.6 Å². The Morgan fingerprint density at radius 3 is 2.00 bits per heavy atom. The smallest absolute Gasteiger partial charge is 0.128 e. The maximum atomic E-state index is 8.47. The molecule has 0 spiro atoms. The van der Waals surface area contributed by atoms with Crippen LogP contribution in [-0.2, 0) is 20.1 Å². The monoisotopic (exact) mass is 1130 g/mol. The molecule has 9 aromatic carbocycles. The summed E-state index contributed by atoms with van der Waals surface area (Å²) in [5, 5.41) is 8.15. The average molecular weight is 1130 g/mol. The molecule has 0 saturated carbocycles. The number of hydrogen-bond donors (Lipinski definition) is 0. The van der Waals surface area contributed by atoms with E-state index in [1.165, 1.54) is 43.6 Å². The number of nitrogens with zero attached hydrogens (tertiary/aromatic N) is 3.